The second kappa shape index (κ2) is 23.2. The highest BCUT2D eigenvalue weighted by atomic mass is 35.5. The number of nitrogens with zero attached hydrogens (tertiary/aromatic N) is 9. The number of nitrogens with two attached hydrogens (primary N) is 1. The zero-order chi connectivity index (χ0) is 50.2. The van der Waals surface area contributed by atoms with Gasteiger partial charge in [0.25, 0.3) is 16.9 Å². The molecule has 0 unspecified atom stereocenters. The summed E-state index contributed by atoms with van der Waals surface area (Å²) in [5.74, 6) is 11.7. The number of anilines is 3. The number of halogens is 4. The summed E-state index contributed by atoms with van der Waals surface area (Å²) in [4.78, 5) is 58.3. The molecular weight excluding hydrogens is 944 g/mol. The van der Waals surface area contributed by atoms with E-state index in [0.29, 0.717) is 33.6 Å². The van der Waals surface area contributed by atoms with Crippen molar-refractivity contribution in [2.45, 2.75) is 38.8 Å². The standard InChI is InChI=1S/C24H24ClFN6O2.C18H21N5O3.C6H5ClFN.B/c1-24(2,31-10-8-30(3)9-11-31)7-6-16-12-21-18(14-22(16)32(33)34)23(28-15-27-21)29-17-4-5-20(26)19(25)13-17;1-18(2,22-8-6-21(3)7-9-22)5-4-13-10-15-14(11-16(13)23(25)26)17(24)20-12-19-15;7-5-3-4(9)1-2-6(5)8;/h4-5,12-15H,8-11H2,1-3H3,(H,27,28,29);10-12H,6-9H2,1-3H3,(H,19,20,24);1-3H,9H2;. The second-order valence-corrected chi connectivity index (χ2v) is 18.2. The van der Waals surface area contributed by atoms with Gasteiger partial charge in [0.2, 0.25) is 0 Å². The Kier molecular flexibility index (Phi) is 18.0. The number of benzene rings is 4. The Morgan fingerprint density at radius 2 is 1.17 bits per heavy atom. The lowest BCUT2D eigenvalue weighted by atomic mass is 10.0. The van der Waals surface area contributed by atoms with E-state index in [0.717, 1.165) is 52.4 Å². The molecule has 17 nitrogen and oxygen atoms in total. The maximum atomic E-state index is 13.5. The molecule has 70 heavy (non-hydrogen) atoms. The SMILES string of the molecule is CN1CCN(C(C)(C)C#Cc2cc3nc[nH]c(=O)c3cc2[N+](=O)[O-])CC1.CN1CCN(C(C)(C)C#Cc2cc3ncnc(Nc4ccc(F)c(Cl)c4)c3cc2[N+](=O)[O-])CC1.Nc1ccc(F)c(Cl)c1.[B]. The minimum Gasteiger partial charge on any atom is -0.399 e. The molecule has 3 radical (unpaired) electrons. The van der Waals surface area contributed by atoms with Gasteiger partial charge in [0, 0.05) is 89.7 Å². The van der Waals surface area contributed by atoms with E-state index >= 15 is 0 Å². The van der Waals surface area contributed by atoms with Crippen LogP contribution in [-0.4, -0.2) is 135 Å². The van der Waals surface area contributed by atoms with Crippen LogP contribution in [0.2, 0.25) is 10.0 Å². The van der Waals surface area contributed by atoms with E-state index in [4.69, 9.17) is 28.9 Å². The molecule has 0 bridgehead atoms. The molecule has 0 atom stereocenters. The van der Waals surface area contributed by atoms with Gasteiger partial charge in [-0.15, -0.1) is 0 Å². The summed E-state index contributed by atoms with van der Waals surface area (Å²) in [6.07, 6.45) is 2.63. The average molecular weight is 995 g/mol. The monoisotopic (exact) mass is 993 g/mol. The first kappa shape index (κ1) is 54.2. The van der Waals surface area contributed by atoms with Crippen molar-refractivity contribution in [1.29, 1.82) is 0 Å². The number of likely N-dealkylation sites (N-methyl/N-ethyl adjacent to an activating group) is 2. The number of nitro benzene ring substituents is 2. The number of rotatable bonds is 6. The molecule has 0 spiro atoms. The van der Waals surface area contributed by atoms with Crippen molar-refractivity contribution in [3.63, 3.8) is 0 Å². The first-order chi connectivity index (χ1) is 32.6. The van der Waals surface area contributed by atoms with Crippen LogP contribution in [0.5, 0.6) is 0 Å². The number of aromatic amines is 1. The first-order valence-corrected chi connectivity index (χ1v) is 22.3. The third kappa shape index (κ3) is 13.7. The van der Waals surface area contributed by atoms with Crippen LogP contribution in [0.3, 0.4) is 0 Å². The minimum atomic E-state index is -0.543. The van der Waals surface area contributed by atoms with E-state index in [9.17, 15) is 33.8 Å². The van der Waals surface area contributed by atoms with Crippen molar-refractivity contribution in [1.82, 2.24) is 39.5 Å². The van der Waals surface area contributed by atoms with Gasteiger partial charge in [-0.3, -0.25) is 34.8 Å². The molecule has 2 aromatic heterocycles. The number of hydrogen-bond donors (Lipinski definition) is 3. The summed E-state index contributed by atoms with van der Waals surface area (Å²) in [6, 6.07) is 14.0. The highest BCUT2D eigenvalue weighted by Crippen LogP contribution is 2.31. The van der Waals surface area contributed by atoms with Gasteiger partial charge in [0.05, 0.1) is 53.7 Å². The fourth-order valence-corrected chi connectivity index (χ4v) is 7.72. The van der Waals surface area contributed by atoms with Crippen LogP contribution in [0, 0.1) is 55.5 Å². The van der Waals surface area contributed by atoms with Crippen LogP contribution < -0.4 is 16.6 Å². The van der Waals surface area contributed by atoms with E-state index in [2.05, 4.69) is 82.6 Å². The maximum absolute atomic E-state index is 13.5. The molecule has 2 saturated heterocycles. The number of nitrogen functional groups attached to an aromatic ring is 1. The van der Waals surface area contributed by atoms with E-state index in [1.165, 1.54) is 67.3 Å². The van der Waals surface area contributed by atoms with Crippen LogP contribution in [0.1, 0.15) is 38.8 Å². The van der Waals surface area contributed by atoms with Gasteiger partial charge in [0.15, 0.2) is 0 Å². The van der Waals surface area contributed by atoms with Crippen molar-refractivity contribution in [3.8, 4) is 23.7 Å². The number of nitrogens with one attached hydrogen (secondary N) is 2. The number of aromatic nitrogens is 4. The fourth-order valence-electron chi connectivity index (χ4n) is 7.35. The van der Waals surface area contributed by atoms with E-state index in [-0.39, 0.29) is 46.3 Å². The average Bonchev–Trinajstić information content (AvgIpc) is 3.30. The summed E-state index contributed by atoms with van der Waals surface area (Å²) < 4.78 is 25.8. The third-order valence-electron chi connectivity index (χ3n) is 11.6. The maximum Gasteiger partial charge on any atom is 0.285 e. The van der Waals surface area contributed by atoms with Gasteiger partial charge >= 0.3 is 0 Å². The van der Waals surface area contributed by atoms with Gasteiger partial charge < -0.3 is 25.8 Å². The Labute approximate surface area is 415 Å². The zero-order valence-corrected chi connectivity index (χ0v) is 40.8. The van der Waals surface area contributed by atoms with Gasteiger partial charge in [-0.2, -0.15) is 0 Å². The topological polar surface area (TPSA) is 209 Å². The summed E-state index contributed by atoms with van der Waals surface area (Å²) >= 11 is 11.2. The molecule has 0 amide bonds. The first-order valence-electron chi connectivity index (χ1n) is 21.6. The van der Waals surface area contributed by atoms with Crippen molar-refractivity contribution in [2.75, 3.05) is 77.5 Å². The largest absolute Gasteiger partial charge is 0.399 e. The minimum absolute atomic E-state index is 0. The molecule has 0 aliphatic carbocycles. The molecule has 4 N–H and O–H groups in total. The van der Waals surface area contributed by atoms with Crippen LogP contribution in [-0.2, 0) is 0 Å². The molecule has 4 heterocycles. The molecule has 22 heteroatoms. The Morgan fingerprint density at radius 3 is 1.64 bits per heavy atom. The van der Waals surface area contributed by atoms with E-state index in [1.54, 1.807) is 6.07 Å². The van der Waals surface area contributed by atoms with Gasteiger partial charge in [0.1, 0.15) is 34.9 Å². The lowest BCUT2D eigenvalue weighted by Gasteiger charge is -2.40. The van der Waals surface area contributed by atoms with Crippen molar-refractivity contribution in [3.05, 3.63) is 137 Å². The summed E-state index contributed by atoms with van der Waals surface area (Å²) in [5.41, 5.74) is 6.11. The van der Waals surface area contributed by atoms with Crippen molar-refractivity contribution >= 4 is 82.0 Å². The smallest absolute Gasteiger partial charge is 0.285 e. The number of piperazine rings is 2. The predicted octanol–water partition coefficient (Wildman–Crippen LogP) is 7.34. The second-order valence-electron chi connectivity index (χ2n) is 17.4. The predicted molar refractivity (Wildman–Crippen MR) is 272 cm³/mol. The van der Waals surface area contributed by atoms with E-state index < -0.39 is 38.1 Å². The molecule has 4 aromatic carbocycles. The molecular formula is C48H50BCl2F2N12O5. The van der Waals surface area contributed by atoms with Crippen molar-refractivity contribution in [2.24, 2.45) is 0 Å². The Morgan fingerprint density at radius 1 is 0.700 bits per heavy atom. The Bertz CT molecular complexity index is 3090. The van der Waals surface area contributed by atoms with Crippen LogP contribution in [0.15, 0.2) is 78.1 Å². The number of fused-ring (bicyclic) bond motifs is 2. The van der Waals surface area contributed by atoms with Gasteiger partial charge in [-0.1, -0.05) is 46.9 Å². The van der Waals surface area contributed by atoms with Crippen LogP contribution in [0.25, 0.3) is 21.8 Å². The number of hydrogen-bond acceptors (Lipinski definition) is 14. The molecule has 0 saturated carbocycles. The summed E-state index contributed by atoms with van der Waals surface area (Å²) in [5, 5.41) is 27.0. The molecule has 363 valence electrons. The number of H-pyrrole nitrogens is 1. The lowest BCUT2D eigenvalue weighted by molar-refractivity contribution is -0.385. The molecule has 2 aliphatic heterocycles. The highest BCUT2D eigenvalue weighted by Gasteiger charge is 2.29. The molecule has 8 rings (SSSR count). The lowest BCUT2D eigenvalue weighted by Crippen LogP contribution is -2.53. The van der Waals surface area contributed by atoms with Crippen LogP contribution in [0.4, 0.5) is 37.3 Å². The van der Waals surface area contributed by atoms with Gasteiger partial charge in [-0.05, 0) is 90.3 Å². The van der Waals surface area contributed by atoms with Crippen LogP contribution >= 0.6 is 23.2 Å². The summed E-state index contributed by atoms with van der Waals surface area (Å²) in [6.45, 7) is 15.5. The highest BCUT2D eigenvalue weighted by molar-refractivity contribution is 6.31. The Hall–Kier alpha value is -6.78. The molecule has 6 aromatic rings. The zero-order valence-electron chi connectivity index (χ0n) is 39.3. The summed E-state index contributed by atoms with van der Waals surface area (Å²) in [7, 11) is 4.17. The Balaban J connectivity index is 0.000000223. The van der Waals surface area contributed by atoms with Crippen molar-refractivity contribution < 1.29 is 18.6 Å². The number of nitro groups is 2. The van der Waals surface area contributed by atoms with Gasteiger partial charge in [-0.25, -0.2) is 23.7 Å². The fraction of sp³-hybridized carbons (Fsp3) is 0.333. The normalized spacial score (nSPS) is 14.6. The van der Waals surface area contributed by atoms with E-state index in [1.807, 2.05) is 27.7 Å². The quantitative estimate of drug-likeness (QED) is 0.0491. The molecule has 2 aliphatic rings. The molecule has 2 fully saturated rings. The third-order valence-corrected chi connectivity index (χ3v) is 12.2.